The quantitative estimate of drug-likeness (QED) is 0.420. The van der Waals surface area contributed by atoms with E-state index in [2.05, 4.69) is 0 Å². The first kappa shape index (κ1) is 7.72. The first-order valence-corrected chi connectivity index (χ1v) is 4.26. The summed E-state index contributed by atoms with van der Waals surface area (Å²) in [6.07, 6.45) is 1.82. The Labute approximate surface area is 45.9 Å². The highest BCUT2D eigenvalue weighted by atomic mass is 31.1. The molecule has 0 radical (unpaired) electrons. The summed E-state index contributed by atoms with van der Waals surface area (Å²) in [4.78, 5) is 0. The van der Waals surface area contributed by atoms with E-state index < -0.39 is 17.8 Å². The molecule has 0 saturated heterocycles. The number of hydrogen-bond donors (Lipinski definition) is 0. The monoisotopic (exact) mass is 144 g/mol. The molecule has 4 heteroatoms. The van der Waals surface area contributed by atoms with Gasteiger partial charge in [-0.05, 0) is 18.7 Å². The Morgan fingerprint density at radius 2 is 1.43 bits per heavy atom. The zero-order valence-electron chi connectivity index (χ0n) is 3.88. The molecule has 0 aromatic carbocycles. The topological polar surface area (TPSA) is 0 Å². The van der Waals surface area contributed by atoms with E-state index >= 15 is 0 Å². The molecule has 2 unspecified atom stereocenters. The van der Waals surface area contributed by atoms with Crippen molar-refractivity contribution in [3.63, 3.8) is 0 Å². The second-order valence-electron chi connectivity index (χ2n) is 1.12. The Kier molecular flexibility index (Phi) is 7.41. The molecule has 0 saturated carbocycles. The summed E-state index contributed by atoms with van der Waals surface area (Å²) in [5, 5.41) is 0. The maximum absolute atomic E-state index is 11.2. The summed E-state index contributed by atoms with van der Waals surface area (Å²) >= 11 is 0. The van der Waals surface area contributed by atoms with Gasteiger partial charge in [-0.15, -0.1) is 0 Å². The van der Waals surface area contributed by atoms with Crippen LogP contribution in [0.2, 0.25) is 0 Å². The van der Waals surface area contributed by atoms with E-state index in [1.807, 2.05) is 0 Å². The molecule has 0 aromatic heterocycles. The fourth-order valence-electron chi connectivity index (χ4n) is 0.222. The highest BCUT2D eigenvalue weighted by Gasteiger charge is 1.84. The molecule has 0 aliphatic heterocycles. The van der Waals surface area contributed by atoms with Crippen molar-refractivity contribution >= 4 is 17.8 Å². The predicted octanol–water partition coefficient (Wildman–Crippen LogP) is 2.50. The second-order valence-corrected chi connectivity index (χ2v) is 2.66. The number of rotatable bonds is 4. The molecule has 0 heterocycles. The minimum Gasteiger partial charge on any atom is -0.231 e. The van der Waals surface area contributed by atoms with Gasteiger partial charge < -0.3 is 0 Å². The third kappa shape index (κ3) is 6.72. The normalized spacial score (nSPS) is 12.9. The van der Waals surface area contributed by atoms with Crippen LogP contribution in [0.15, 0.2) is 0 Å². The molecule has 0 amide bonds. The average Bonchev–Trinajstić information content (AvgIpc) is 1.69. The fourth-order valence-corrected chi connectivity index (χ4v) is 1.20. The summed E-state index contributed by atoms with van der Waals surface area (Å²) < 4.78 is 22.4. The third-order valence-electron chi connectivity index (χ3n) is 0.543. The summed E-state index contributed by atoms with van der Waals surface area (Å²) in [5.41, 5.74) is 0. The molecule has 0 fully saturated rings. The van der Waals surface area contributed by atoms with Gasteiger partial charge in [-0.1, -0.05) is 0 Å². The fraction of sp³-hybridized carbons (Fsp3) is 1.00. The summed E-state index contributed by atoms with van der Waals surface area (Å²) in [6, 6.07) is 0. The molecule has 0 nitrogen and oxygen atoms in total. The van der Waals surface area contributed by atoms with Gasteiger partial charge in [-0.25, -0.2) is 8.39 Å². The van der Waals surface area contributed by atoms with Crippen molar-refractivity contribution in [2.45, 2.75) is 6.42 Å². The Hall–Kier alpha value is 0.720. The SMILES string of the molecule is FPCCCPF. The van der Waals surface area contributed by atoms with E-state index in [0.29, 0.717) is 18.7 Å². The minimum absolute atomic E-state index is 0.495. The van der Waals surface area contributed by atoms with Crippen LogP contribution in [-0.2, 0) is 0 Å². The van der Waals surface area contributed by atoms with Gasteiger partial charge in [0.15, 0.2) is 0 Å². The van der Waals surface area contributed by atoms with Gasteiger partial charge in [0.25, 0.3) is 0 Å². The lowest BCUT2D eigenvalue weighted by Gasteiger charge is -1.86. The van der Waals surface area contributed by atoms with Crippen molar-refractivity contribution in [3.05, 3.63) is 0 Å². The van der Waals surface area contributed by atoms with Gasteiger partial charge in [0.1, 0.15) is 0 Å². The lowest BCUT2D eigenvalue weighted by Crippen LogP contribution is -1.74. The third-order valence-corrected chi connectivity index (χ3v) is 1.63. The van der Waals surface area contributed by atoms with Gasteiger partial charge >= 0.3 is 0 Å². The summed E-state index contributed by atoms with van der Waals surface area (Å²) in [6.45, 7) is 0. The molecule has 0 aromatic rings. The van der Waals surface area contributed by atoms with Crippen LogP contribution in [0.5, 0.6) is 0 Å². The molecular formula is C3H8F2P2. The predicted molar refractivity (Wildman–Crippen MR) is 33.2 cm³/mol. The zero-order valence-corrected chi connectivity index (χ0v) is 5.88. The Balaban J connectivity index is 2.45. The average molecular weight is 144 g/mol. The number of hydrogen-bond acceptors (Lipinski definition) is 0. The van der Waals surface area contributed by atoms with Crippen molar-refractivity contribution in [3.8, 4) is 0 Å². The van der Waals surface area contributed by atoms with Crippen LogP contribution in [0, 0.1) is 0 Å². The van der Waals surface area contributed by atoms with E-state index in [-0.39, 0.29) is 0 Å². The largest absolute Gasteiger partial charge is 0.231 e. The van der Waals surface area contributed by atoms with Gasteiger partial charge in [0.2, 0.25) is 0 Å². The Morgan fingerprint density at radius 1 is 1.00 bits per heavy atom. The molecule has 0 aliphatic carbocycles. The van der Waals surface area contributed by atoms with Crippen LogP contribution in [0.4, 0.5) is 8.39 Å². The molecule has 7 heavy (non-hydrogen) atoms. The maximum atomic E-state index is 11.2. The van der Waals surface area contributed by atoms with Gasteiger partial charge in [-0.2, -0.15) is 0 Å². The summed E-state index contributed by atoms with van der Waals surface area (Å²) in [5.74, 6) is 0. The van der Waals surface area contributed by atoms with Crippen LogP contribution < -0.4 is 0 Å². The molecular weight excluding hydrogens is 136 g/mol. The van der Waals surface area contributed by atoms with Crippen molar-refractivity contribution < 1.29 is 8.39 Å². The van der Waals surface area contributed by atoms with Crippen molar-refractivity contribution in [1.29, 1.82) is 0 Å². The van der Waals surface area contributed by atoms with E-state index in [0.717, 1.165) is 0 Å². The van der Waals surface area contributed by atoms with Crippen molar-refractivity contribution in [1.82, 2.24) is 0 Å². The first-order valence-electron chi connectivity index (χ1n) is 2.09. The standard InChI is InChI=1S/C3H8F2P2/c4-6-2-1-3-7-5/h6-7H,1-3H2. The lowest BCUT2D eigenvalue weighted by atomic mass is 10.6. The molecule has 0 bridgehead atoms. The first-order chi connectivity index (χ1) is 3.41. The molecule has 44 valence electrons. The maximum Gasteiger partial charge on any atom is 0.0671 e. The molecule has 0 spiro atoms. The van der Waals surface area contributed by atoms with Crippen molar-refractivity contribution in [2.75, 3.05) is 12.3 Å². The van der Waals surface area contributed by atoms with E-state index in [9.17, 15) is 8.39 Å². The highest BCUT2D eigenvalue weighted by molar-refractivity contribution is 7.32. The lowest BCUT2D eigenvalue weighted by molar-refractivity contribution is 0.885. The molecule has 0 rings (SSSR count). The van der Waals surface area contributed by atoms with Crippen LogP contribution in [0.25, 0.3) is 0 Å². The zero-order chi connectivity index (χ0) is 5.54. The van der Waals surface area contributed by atoms with Crippen molar-refractivity contribution in [2.24, 2.45) is 0 Å². The van der Waals surface area contributed by atoms with Crippen LogP contribution in [0.3, 0.4) is 0 Å². The Bertz CT molecular complexity index is 30.1. The molecule has 0 N–H and O–H groups in total. The highest BCUT2D eigenvalue weighted by Crippen LogP contribution is 2.17. The van der Waals surface area contributed by atoms with Crippen LogP contribution >= 0.6 is 17.8 Å². The molecule has 0 aliphatic rings. The summed E-state index contributed by atoms with van der Waals surface area (Å²) in [7, 11) is -0.989. The second kappa shape index (κ2) is 6.72. The van der Waals surface area contributed by atoms with E-state index in [1.165, 1.54) is 0 Å². The van der Waals surface area contributed by atoms with E-state index in [4.69, 9.17) is 0 Å². The smallest absolute Gasteiger partial charge is 0.0671 e. The van der Waals surface area contributed by atoms with Crippen LogP contribution in [0.1, 0.15) is 6.42 Å². The minimum atomic E-state index is -0.495. The van der Waals surface area contributed by atoms with Gasteiger partial charge in [0, 0.05) is 0 Å². The molecule has 2 atom stereocenters. The van der Waals surface area contributed by atoms with Crippen LogP contribution in [-0.4, -0.2) is 12.3 Å². The number of halogens is 2. The Morgan fingerprint density at radius 3 is 1.71 bits per heavy atom. The van der Waals surface area contributed by atoms with E-state index in [1.54, 1.807) is 0 Å². The van der Waals surface area contributed by atoms with Gasteiger partial charge in [-0.3, -0.25) is 0 Å². The van der Waals surface area contributed by atoms with Gasteiger partial charge in [0.05, 0.1) is 17.8 Å².